The van der Waals surface area contributed by atoms with Gasteiger partial charge in [0.1, 0.15) is 4.64 Å². The number of halogens is 1. The minimum Gasteiger partial charge on any atom is -0.326 e. The van der Waals surface area contributed by atoms with E-state index in [2.05, 4.69) is 15.3 Å². The van der Waals surface area contributed by atoms with E-state index in [0.717, 1.165) is 16.6 Å². The maximum Gasteiger partial charge on any atom is 0.206 e. The monoisotopic (exact) mass is 287 g/mol. The molecule has 0 saturated heterocycles. The lowest BCUT2D eigenvalue weighted by molar-refractivity contribution is 1.20. The van der Waals surface area contributed by atoms with E-state index in [9.17, 15) is 0 Å². The van der Waals surface area contributed by atoms with Gasteiger partial charge in [-0.3, -0.25) is 0 Å². The number of nitrogens with one attached hydrogen (secondary N) is 2. The van der Waals surface area contributed by atoms with Crippen LogP contribution in [0.2, 0.25) is 5.02 Å². The first-order valence-corrected chi connectivity index (χ1v) is 6.53. The molecule has 94 valence electrons. The Balaban J connectivity index is 2.01. The number of hydrogen-bond acceptors (Lipinski definition) is 3. The Kier molecular flexibility index (Phi) is 3.19. The minimum atomic E-state index is 0.575. The molecule has 0 spiro atoms. The number of aromatic nitrogens is 2. The molecule has 0 radical (unpaired) electrons. The minimum absolute atomic E-state index is 0.575. The Labute approximate surface area is 120 Å². The van der Waals surface area contributed by atoms with Crippen molar-refractivity contribution in [1.29, 1.82) is 0 Å². The van der Waals surface area contributed by atoms with Crippen molar-refractivity contribution < 1.29 is 0 Å². The standard InChI is InChI=1S/C14H10ClN3S/c15-9-5-7-10(8-6-9)16-14-17-12-4-2-1-3-11(12)13(19)18-14/h1-8H,(H2,16,17,18,19). The Bertz CT molecular complexity index is 781. The Morgan fingerprint density at radius 2 is 1.79 bits per heavy atom. The van der Waals surface area contributed by atoms with Gasteiger partial charge in [0.05, 0.1) is 5.52 Å². The maximum absolute atomic E-state index is 5.85. The largest absolute Gasteiger partial charge is 0.326 e. The highest BCUT2D eigenvalue weighted by Gasteiger charge is 2.01. The second-order valence-electron chi connectivity index (χ2n) is 4.07. The van der Waals surface area contributed by atoms with Gasteiger partial charge in [0.15, 0.2) is 0 Å². The molecule has 2 aromatic carbocycles. The fraction of sp³-hybridized carbons (Fsp3) is 0. The van der Waals surface area contributed by atoms with Crippen LogP contribution >= 0.6 is 23.8 Å². The molecule has 1 heterocycles. The lowest BCUT2D eigenvalue weighted by atomic mass is 10.2. The summed E-state index contributed by atoms with van der Waals surface area (Å²) in [6, 6.07) is 15.2. The summed E-state index contributed by atoms with van der Waals surface area (Å²) in [6.07, 6.45) is 0. The SMILES string of the molecule is S=c1nc(Nc2ccc(Cl)cc2)[nH]c2ccccc12. The van der Waals surface area contributed by atoms with Crippen molar-refractivity contribution in [2.24, 2.45) is 0 Å². The smallest absolute Gasteiger partial charge is 0.206 e. The summed E-state index contributed by atoms with van der Waals surface area (Å²) < 4.78 is 0.575. The highest BCUT2D eigenvalue weighted by molar-refractivity contribution is 7.71. The number of rotatable bonds is 2. The van der Waals surface area contributed by atoms with E-state index < -0.39 is 0 Å². The topological polar surface area (TPSA) is 40.7 Å². The quantitative estimate of drug-likeness (QED) is 0.672. The lowest BCUT2D eigenvalue weighted by Crippen LogP contribution is -1.97. The molecule has 19 heavy (non-hydrogen) atoms. The number of hydrogen-bond donors (Lipinski definition) is 2. The van der Waals surface area contributed by atoms with Gasteiger partial charge in [-0.25, -0.2) is 4.98 Å². The van der Waals surface area contributed by atoms with Gasteiger partial charge in [-0.2, -0.15) is 0 Å². The number of para-hydroxylation sites is 1. The molecule has 0 aliphatic rings. The second-order valence-corrected chi connectivity index (χ2v) is 4.89. The van der Waals surface area contributed by atoms with E-state index in [-0.39, 0.29) is 0 Å². The molecule has 0 aliphatic carbocycles. The normalized spacial score (nSPS) is 10.6. The van der Waals surface area contributed by atoms with Gasteiger partial charge in [0.2, 0.25) is 5.95 Å². The van der Waals surface area contributed by atoms with Crippen LogP contribution in [-0.2, 0) is 0 Å². The number of H-pyrrole nitrogens is 1. The van der Waals surface area contributed by atoms with Gasteiger partial charge in [-0.05, 0) is 36.4 Å². The summed E-state index contributed by atoms with van der Waals surface area (Å²) >= 11 is 11.1. The number of nitrogens with zero attached hydrogens (tertiary/aromatic N) is 1. The molecule has 1 aromatic heterocycles. The Hall–Kier alpha value is -1.91. The van der Waals surface area contributed by atoms with Crippen LogP contribution in [0.15, 0.2) is 48.5 Å². The van der Waals surface area contributed by atoms with Crippen molar-refractivity contribution in [1.82, 2.24) is 9.97 Å². The van der Waals surface area contributed by atoms with Gasteiger partial charge in [-0.1, -0.05) is 36.0 Å². The molecular formula is C14H10ClN3S. The molecule has 0 unspecified atom stereocenters. The summed E-state index contributed by atoms with van der Waals surface area (Å²) in [4.78, 5) is 7.54. The third kappa shape index (κ3) is 2.59. The van der Waals surface area contributed by atoms with Gasteiger partial charge in [-0.15, -0.1) is 0 Å². The zero-order valence-electron chi connectivity index (χ0n) is 9.85. The van der Waals surface area contributed by atoms with Crippen molar-refractivity contribution in [3.8, 4) is 0 Å². The van der Waals surface area contributed by atoms with E-state index in [1.54, 1.807) is 0 Å². The van der Waals surface area contributed by atoms with Crippen LogP contribution in [0.3, 0.4) is 0 Å². The van der Waals surface area contributed by atoms with Crippen LogP contribution < -0.4 is 5.32 Å². The number of anilines is 2. The van der Waals surface area contributed by atoms with E-state index in [0.29, 0.717) is 15.6 Å². The molecular weight excluding hydrogens is 278 g/mol. The molecule has 0 aliphatic heterocycles. The Morgan fingerprint density at radius 3 is 2.58 bits per heavy atom. The van der Waals surface area contributed by atoms with Gasteiger partial charge in [0.25, 0.3) is 0 Å². The summed E-state index contributed by atoms with van der Waals surface area (Å²) in [5, 5.41) is 4.81. The average molecular weight is 288 g/mol. The zero-order valence-corrected chi connectivity index (χ0v) is 11.4. The van der Waals surface area contributed by atoms with Crippen LogP contribution in [0.5, 0.6) is 0 Å². The number of benzene rings is 2. The zero-order chi connectivity index (χ0) is 13.2. The van der Waals surface area contributed by atoms with Crippen molar-refractivity contribution >= 4 is 46.4 Å². The van der Waals surface area contributed by atoms with Crippen LogP contribution in [0.25, 0.3) is 10.9 Å². The predicted octanol–water partition coefficient (Wildman–Crippen LogP) is 4.69. The molecule has 0 atom stereocenters. The van der Waals surface area contributed by atoms with Crippen LogP contribution in [-0.4, -0.2) is 9.97 Å². The molecule has 0 saturated carbocycles. The third-order valence-corrected chi connectivity index (χ3v) is 3.29. The molecule has 3 rings (SSSR count). The fourth-order valence-corrected chi connectivity index (χ4v) is 2.22. The summed E-state index contributed by atoms with van der Waals surface area (Å²) in [7, 11) is 0. The summed E-state index contributed by atoms with van der Waals surface area (Å²) in [6.45, 7) is 0. The van der Waals surface area contributed by atoms with Crippen LogP contribution in [0, 0.1) is 4.64 Å². The van der Waals surface area contributed by atoms with Crippen LogP contribution in [0.4, 0.5) is 11.6 Å². The predicted molar refractivity (Wildman–Crippen MR) is 81.7 cm³/mol. The number of fused-ring (bicyclic) bond motifs is 1. The van der Waals surface area contributed by atoms with E-state index in [1.807, 2.05) is 48.5 Å². The molecule has 5 heteroatoms. The Morgan fingerprint density at radius 1 is 1.05 bits per heavy atom. The first kappa shape index (κ1) is 12.1. The number of aromatic amines is 1. The van der Waals surface area contributed by atoms with Crippen LogP contribution in [0.1, 0.15) is 0 Å². The average Bonchev–Trinajstić information content (AvgIpc) is 2.42. The molecule has 0 bridgehead atoms. The van der Waals surface area contributed by atoms with Gasteiger partial charge in [0, 0.05) is 16.1 Å². The van der Waals surface area contributed by atoms with E-state index >= 15 is 0 Å². The maximum atomic E-state index is 5.85. The summed E-state index contributed by atoms with van der Waals surface area (Å²) in [5.74, 6) is 0.617. The first-order chi connectivity index (χ1) is 9.22. The highest BCUT2D eigenvalue weighted by Crippen LogP contribution is 2.19. The highest BCUT2D eigenvalue weighted by atomic mass is 35.5. The van der Waals surface area contributed by atoms with E-state index in [1.165, 1.54) is 0 Å². The van der Waals surface area contributed by atoms with Crippen molar-refractivity contribution in [2.75, 3.05) is 5.32 Å². The lowest BCUT2D eigenvalue weighted by Gasteiger charge is -2.07. The fourth-order valence-electron chi connectivity index (χ4n) is 1.83. The molecule has 0 amide bonds. The van der Waals surface area contributed by atoms with Gasteiger partial charge >= 0.3 is 0 Å². The van der Waals surface area contributed by atoms with E-state index in [4.69, 9.17) is 23.8 Å². The molecule has 2 N–H and O–H groups in total. The van der Waals surface area contributed by atoms with Crippen molar-refractivity contribution in [3.05, 3.63) is 58.2 Å². The summed E-state index contributed by atoms with van der Waals surface area (Å²) in [5.41, 5.74) is 1.86. The third-order valence-electron chi connectivity index (χ3n) is 2.73. The first-order valence-electron chi connectivity index (χ1n) is 5.74. The molecule has 3 aromatic rings. The molecule has 3 nitrogen and oxygen atoms in total. The van der Waals surface area contributed by atoms with Crippen molar-refractivity contribution in [3.63, 3.8) is 0 Å². The van der Waals surface area contributed by atoms with Crippen molar-refractivity contribution in [2.45, 2.75) is 0 Å². The second kappa shape index (κ2) is 4.99. The molecule has 0 fully saturated rings. The van der Waals surface area contributed by atoms with Gasteiger partial charge < -0.3 is 10.3 Å².